The summed E-state index contributed by atoms with van der Waals surface area (Å²) in [6, 6.07) is -1.26. The van der Waals surface area contributed by atoms with Crippen LogP contribution in [0.1, 0.15) is 12.8 Å². The van der Waals surface area contributed by atoms with Crippen LogP contribution in [-0.2, 0) is 19.1 Å². The molecule has 5 N–H and O–H groups in total. The standard InChI is InChI=1S/C9H16N2O6/c1-17-6(4-10)8(14)11-5(9(15)16)2-3-7(12)13/h5-6H,2-4,10H2,1H3,(H,11,14)(H,12,13)(H,15,16)/t5-,6?/m0/s1. The number of amides is 1. The summed E-state index contributed by atoms with van der Waals surface area (Å²) >= 11 is 0. The molecule has 98 valence electrons. The minimum absolute atomic E-state index is 0.0897. The van der Waals surface area contributed by atoms with E-state index in [1.165, 1.54) is 7.11 Å². The largest absolute Gasteiger partial charge is 0.481 e. The number of carboxylic acids is 2. The molecular weight excluding hydrogens is 232 g/mol. The van der Waals surface area contributed by atoms with Crippen molar-refractivity contribution in [2.45, 2.75) is 25.0 Å². The number of methoxy groups -OCH3 is 1. The maximum absolute atomic E-state index is 11.4. The van der Waals surface area contributed by atoms with Crippen LogP contribution in [0.15, 0.2) is 0 Å². The highest BCUT2D eigenvalue weighted by Crippen LogP contribution is 1.99. The Kier molecular flexibility index (Phi) is 6.83. The van der Waals surface area contributed by atoms with Gasteiger partial charge in [0.05, 0.1) is 0 Å². The number of nitrogens with two attached hydrogens (primary N) is 1. The first-order valence-electron chi connectivity index (χ1n) is 4.90. The maximum Gasteiger partial charge on any atom is 0.326 e. The Labute approximate surface area is 97.7 Å². The van der Waals surface area contributed by atoms with Gasteiger partial charge in [0.1, 0.15) is 12.1 Å². The zero-order valence-corrected chi connectivity index (χ0v) is 9.38. The fourth-order valence-corrected chi connectivity index (χ4v) is 1.10. The van der Waals surface area contributed by atoms with Crippen molar-refractivity contribution in [3.8, 4) is 0 Å². The number of carbonyl (C=O) groups is 3. The van der Waals surface area contributed by atoms with Crippen molar-refractivity contribution in [3.05, 3.63) is 0 Å². The normalized spacial score (nSPS) is 13.8. The molecule has 8 nitrogen and oxygen atoms in total. The van der Waals surface area contributed by atoms with E-state index in [-0.39, 0.29) is 19.4 Å². The van der Waals surface area contributed by atoms with Crippen LogP contribution >= 0.6 is 0 Å². The van der Waals surface area contributed by atoms with Crippen LogP contribution in [0, 0.1) is 0 Å². The molecule has 0 bridgehead atoms. The Hall–Kier alpha value is -1.67. The van der Waals surface area contributed by atoms with Crippen molar-refractivity contribution >= 4 is 17.8 Å². The second kappa shape index (κ2) is 7.58. The van der Waals surface area contributed by atoms with Gasteiger partial charge in [-0.05, 0) is 6.42 Å². The molecule has 0 aliphatic carbocycles. The third-order valence-electron chi connectivity index (χ3n) is 2.05. The van der Waals surface area contributed by atoms with Crippen molar-refractivity contribution < 1.29 is 29.3 Å². The maximum atomic E-state index is 11.4. The molecule has 0 rings (SSSR count). The Morgan fingerprint density at radius 2 is 1.94 bits per heavy atom. The number of carboxylic acid groups (broad SMARTS) is 2. The van der Waals surface area contributed by atoms with Crippen LogP contribution in [0.2, 0.25) is 0 Å². The van der Waals surface area contributed by atoms with Crippen LogP contribution in [0.3, 0.4) is 0 Å². The molecule has 8 heteroatoms. The summed E-state index contributed by atoms with van der Waals surface area (Å²) in [7, 11) is 1.27. The minimum Gasteiger partial charge on any atom is -0.481 e. The number of aliphatic carboxylic acids is 2. The summed E-state index contributed by atoms with van der Waals surface area (Å²) in [5, 5.41) is 19.4. The smallest absolute Gasteiger partial charge is 0.326 e. The van der Waals surface area contributed by atoms with Crippen LogP contribution in [0.25, 0.3) is 0 Å². The highest BCUT2D eigenvalue weighted by atomic mass is 16.5. The molecule has 0 aliphatic rings. The van der Waals surface area contributed by atoms with Gasteiger partial charge in [0, 0.05) is 20.1 Å². The summed E-state index contributed by atoms with van der Waals surface area (Å²) in [6.07, 6.45) is -1.49. The van der Waals surface area contributed by atoms with Gasteiger partial charge in [-0.1, -0.05) is 0 Å². The zero-order chi connectivity index (χ0) is 13.4. The number of hydrogen-bond donors (Lipinski definition) is 4. The lowest BCUT2D eigenvalue weighted by molar-refractivity contribution is -0.144. The highest BCUT2D eigenvalue weighted by Gasteiger charge is 2.24. The lowest BCUT2D eigenvalue weighted by Gasteiger charge is -2.17. The molecule has 0 aromatic heterocycles. The second-order valence-electron chi connectivity index (χ2n) is 3.29. The first-order chi connectivity index (χ1) is 7.92. The molecule has 17 heavy (non-hydrogen) atoms. The summed E-state index contributed by atoms with van der Waals surface area (Å²) in [5.41, 5.74) is 5.23. The monoisotopic (exact) mass is 248 g/mol. The average molecular weight is 248 g/mol. The second-order valence-corrected chi connectivity index (χ2v) is 3.29. The zero-order valence-electron chi connectivity index (χ0n) is 9.38. The van der Waals surface area contributed by atoms with Crippen molar-refractivity contribution in [1.82, 2.24) is 5.32 Å². The molecule has 0 heterocycles. The first kappa shape index (κ1) is 15.3. The fourth-order valence-electron chi connectivity index (χ4n) is 1.10. The quantitative estimate of drug-likeness (QED) is 0.405. The molecule has 0 aliphatic heterocycles. The van der Waals surface area contributed by atoms with E-state index in [1.807, 2.05) is 0 Å². The van der Waals surface area contributed by atoms with E-state index in [9.17, 15) is 14.4 Å². The van der Waals surface area contributed by atoms with Gasteiger partial charge in [-0.25, -0.2) is 4.79 Å². The van der Waals surface area contributed by atoms with Gasteiger partial charge in [0.25, 0.3) is 5.91 Å². The van der Waals surface area contributed by atoms with E-state index in [2.05, 4.69) is 5.32 Å². The Morgan fingerprint density at radius 3 is 2.29 bits per heavy atom. The fraction of sp³-hybridized carbons (Fsp3) is 0.667. The number of ether oxygens (including phenoxy) is 1. The Bertz CT molecular complexity index is 289. The summed E-state index contributed by atoms with van der Waals surface area (Å²) in [5.74, 6) is -3.10. The molecule has 0 fully saturated rings. The molecule has 0 saturated carbocycles. The number of rotatable bonds is 8. The predicted molar refractivity (Wildman–Crippen MR) is 56.3 cm³/mol. The third-order valence-corrected chi connectivity index (χ3v) is 2.05. The van der Waals surface area contributed by atoms with Crippen LogP contribution in [0.4, 0.5) is 0 Å². The summed E-state index contributed by atoms with van der Waals surface area (Å²) in [6.45, 7) is -0.0897. The molecular formula is C9H16N2O6. The van der Waals surface area contributed by atoms with Gasteiger partial charge in [-0.3, -0.25) is 9.59 Å². The summed E-state index contributed by atoms with van der Waals surface area (Å²) in [4.78, 5) is 32.5. The third kappa shape index (κ3) is 5.83. The molecule has 1 amide bonds. The molecule has 0 saturated heterocycles. The van der Waals surface area contributed by atoms with Crippen molar-refractivity contribution in [1.29, 1.82) is 0 Å². The molecule has 0 aromatic carbocycles. The minimum atomic E-state index is -1.30. The Morgan fingerprint density at radius 1 is 1.35 bits per heavy atom. The van der Waals surface area contributed by atoms with Gasteiger partial charge in [-0.2, -0.15) is 0 Å². The Balaban J connectivity index is 4.38. The van der Waals surface area contributed by atoms with E-state index in [0.717, 1.165) is 0 Å². The van der Waals surface area contributed by atoms with Crippen molar-refractivity contribution in [2.75, 3.05) is 13.7 Å². The van der Waals surface area contributed by atoms with E-state index in [1.54, 1.807) is 0 Å². The SMILES string of the molecule is COC(CN)C(=O)N[C@@H](CCC(=O)O)C(=O)O. The number of hydrogen-bond acceptors (Lipinski definition) is 5. The predicted octanol–water partition coefficient (Wildman–Crippen LogP) is -1.61. The van der Waals surface area contributed by atoms with Crippen LogP contribution < -0.4 is 11.1 Å². The van der Waals surface area contributed by atoms with E-state index in [0.29, 0.717) is 0 Å². The molecule has 0 aromatic rings. The van der Waals surface area contributed by atoms with E-state index < -0.39 is 30.0 Å². The molecule has 1 unspecified atom stereocenters. The molecule has 2 atom stereocenters. The number of carbonyl (C=O) groups excluding carboxylic acids is 1. The lowest BCUT2D eigenvalue weighted by atomic mass is 10.1. The highest BCUT2D eigenvalue weighted by molar-refractivity contribution is 5.86. The lowest BCUT2D eigenvalue weighted by Crippen LogP contribution is -2.48. The van der Waals surface area contributed by atoms with E-state index >= 15 is 0 Å². The van der Waals surface area contributed by atoms with Gasteiger partial charge < -0.3 is 26.0 Å². The number of nitrogens with one attached hydrogen (secondary N) is 1. The van der Waals surface area contributed by atoms with Crippen LogP contribution in [-0.4, -0.2) is 53.9 Å². The molecule has 0 radical (unpaired) electrons. The van der Waals surface area contributed by atoms with E-state index in [4.69, 9.17) is 20.7 Å². The van der Waals surface area contributed by atoms with Crippen LogP contribution in [0.5, 0.6) is 0 Å². The van der Waals surface area contributed by atoms with Crippen molar-refractivity contribution in [2.24, 2.45) is 5.73 Å². The average Bonchev–Trinajstić information content (AvgIpc) is 2.25. The van der Waals surface area contributed by atoms with Gasteiger partial charge >= 0.3 is 11.9 Å². The topological polar surface area (TPSA) is 139 Å². The van der Waals surface area contributed by atoms with Gasteiger partial charge in [0.15, 0.2) is 0 Å². The van der Waals surface area contributed by atoms with Crippen molar-refractivity contribution in [3.63, 3.8) is 0 Å². The first-order valence-corrected chi connectivity index (χ1v) is 4.90. The molecule has 0 spiro atoms. The summed E-state index contributed by atoms with van der Waals surface area (Å²) < 4.78 is 4.72. The van der Waals surface area contributed by atoms with Gasteiger partial charge in [-0.15, -0.1) is 0 Å². The van der Waals surface area contributed by atoms with Gasteiger partial charge in [0.2, 0.25) is 0 Å².